The highest BCUT2D eigenvalue weighted by atomic mass is 16.5. The first-order valence-electron chi connectivity index (χ1n) is 7.28. The van der Waals surface area contributed by atoms with Crippen molar-refractivity contribution < 1.29 is 9.53 Å². The largest absolute Gasteiger partial charge is 0.465 e. The second-order valence-electron chi connectivity index (χ2n) is 5.14. The highest BCUT2D eigenvalue weighted by Gasteiger charge is 2.19. The van der Waals surface area contributed by atoms with Gasteiger partial charge in [-0.2, -0.15) is 0 Å². The van der Waals surface area contributed by atoms with E-state index in [0.29, 0.717) is 18.8 Å². The molecule has 0 N–H and O–H groups in total. The quantitative estimate of drug-likeness (QED) is 0.612. The molecule has 0 radical (unpaired) electrons. The molecule has 1 aliphatic rings. The second kappa shape index (κ2) is 7.77. The summed E-state index contributed by atoms with van der Waals surface area (Å²) in [6, 6.07) is 7.75. The highest BCUT2D eigenvalue weighted by molar-refractivity contribution is 5.71. The van der Waals surface area contributed by atoms with Crippen molar-refractivity contribution in [1.29, 1.82) is 0 Å². The predicted molar refractivity (Wildman–Crippen MR) is 81.1 cm³/mol. The van der Waals surface area contributed by atoms with Gasteiger partial charge in [0, 0.05) is 32.7 Å². The fourth-order valence-corrected chi connectivity index (χ4v) is 2.43. The summed E-state index contributed by atoms with van der Waals surface area (Å²) < 4.78 is 4.97. The van der Waals surface area contributed by atoms with E-state index in [2.05, 4.69) is 14.6 Å². The molecule has 112 valence electrons. The minimum Gasteiger partial charge on any atom is -0.465 e. The van der Waals surface area contributed by atoms with E-state index in [-0.39, 0.29) is 5.97 Å². The number of benzene rings is 1. The van der Waals surface area contributed by atoms with Crippen LogP contribution in [-0.4, -0.2) is 55.1 Å². The molecule has 1 saturated heterocycles. The van der Waals surface area contributed by atoms with Crippen LogP contribution in [-0.2, 0) is 16.1 Å². The van der Waals surface area contributed by atoms with Crippen molar-refractivity contribution in [2.24, 2.45) is 0 Å². The summed E-state index contributed by atoms with van der Waals surface area (Å²) >= 11 is 0. The Balaban J connectivity index is 1.76. The third-order valence-corrected chi connectivity index (χ3v) is 3.59. The van der Waals surface area contributed by atoms with Crippen LogP contribution < -0.4 is 0 Å². The third kappa shape index (κ3) is 4.85. The smallest absolute Gasteiger partial charge is 0.320 e. The summed E-state index contributed by atoms with van der Waals surface area (Å²) in [4.78, 5) is 19.3. The maximum absolute atomic E-state index is 11.4. The monoisotopic (exact) mass is 287 g/mol. The molecule has 0 amide bonds. The molecule has 0 spiro atoms. The number of carbonyl (C=O) groups excluding carboxylic acids is 1. The van der Waals surface area contributed by atoms with Gasteiger partial charge in [-0.15, -0.1) is 0 Å². The van der Waals surface area contributed by atoms with Crippen LogP contribution in [0.25, 0.3) is 4.85 Å². The van der Waals surface area contributed by atoms with E-state index >= 15 is 0 Å². The first-order valence-corrected chi connectivity index (χ1v) is 7.28. The maximum atomic E-state index is 11.4. The lowest BCUT2D eigenvalue weighted by Crippen LogP contribution is -2.47. The Morgan fingerprint density at radius 1 is 1.19 bits per heavy atom. The Morgan fingerprint density at radius 3 is 2.38 bits per heavy atom. The molecule has 1 fully saturated rings. The third-order valence-electron chi connectivity index (χ3n) is 3.59. The van der Waals surface area contributed by atoms with Crippen molar-refractivity contribution in [3.8, 4) is 0 Å². The Morgan fingerprint density at radius 2 is 1.81 bits per heavy atom. The highest BCUT2D eigenvalue weighted by Crippen LogP contribution is 2.14. The standard InChI is InChI=1S/C16H21N3O2/c1-3-21-16(20)13-19-10-8-18(9-11-19)12-14-4-6-15(17-2)7-5-14/h4-7H,3,8-13H2,1H3. The van der Waals surface area contributed by atoms with Crippen LogP contribution >= 0.6 is 0 Å². The Bertz CT molecular complexity index is 499. The van der Waals surface area contributed by atoms with Crippen LogP contribution in [0.15, 0.2) is 24.3 Å². The molecule has 1 aromatic rings. The van der Waals surface area contributed by atoms with E-state index in [1.807, 2.05) is 31.2 Å². The summed E-state index contributed by atoms with van der Waals surface area (Å²) in [5, 5.41) is 0. The lowest BCUT2D eigenvalue weighted by molar-refractivity contribution is -0.144. The minimum atomic E-state index is -0.138. The Hall–Kier alpha value is -1.90. The number of rotatable bonds is 5. The molecule has 21 heavy (non-hydrogen) atoms. The molecular formula is C16H21N3O2. The minimum absolute atomic E-state index is 0.138. The molecule has 0 aliphatic carbocycles. The molecule has 0 saturated carbocycles. The molecule has 1 aliphatic heterocycles. The molecule has 1 aromatic carbocycles. The van der Waals surface area contributed by atoms with Gasteiger partial charge in [-0.3, -0.25) is 14.6 Å². The van der Waals surface area contributed by atoms with Crippen LogP contribution in [0.3, 0.4) is 0 Å². The average molecular weight is 287 g/mol. The zero-order valence-electron chi connectivity index (χ0n) is 12.4. The van der Waals surface area contributed by atoms with Gasteiger partial charge in [0.15, 0.2) is 5.69 Å². The van der Waals surface area contributed by atoms with Crippen LogP contribution in [0.2, 0.25) is 0 Å². The van der Waals surface area contributed by atoms with Crippen LogP contribution in [0.5, 0.6) is 0 Å². The topological polar surface area (TPSA) is 37.1 Å². The summed E-state index contributed by atoms with van der Waals surface area (Å²) in [5.74, 6) is -0.138. The average Bonchev–Trinajstić information content (AvgIpc) is 2.50. The van der Waals surface area contributed by atoms with E-state index in [4.69, 9.17) is 11.3 Å². The fraction of sp³-hybridized carbons (Fsp3) is 0.500. The zero-order valence-corrected chi connectivity index (χ0v) is 12.4. The molecule has 0 unspecified atom stereocenters. The van der Waals surface area contributed by atoms with Crippen molar-refractivity contribution >= 4 is 11.7 Å². The van der Waals surface area contributed by atoms with Crippen molar-refractivity contribution in [3.05, 3.63) is 41.2 Å². The van der Waals surface area contributed by atoms with Crippen LogP contribution in [0.1, 0.15) is 12.5 Å². The molecule has 5 nitrogen and oxygen atoms in total. The number of nitrogens with zero attached hydrogens (tertiary/aromatic N) is 3. The molecule has 5 heteroatoms. The van der Waals surface area contributed by atoms with Crippen molar-refractivity contribution in [1.82, 2.24) is 9.80 Å². The number of carbonyl (C=O) groups is 1. The van der Waals surface area contributed by atoms with E-state index in [9.17, 15) is 4.79 Å². The van der Waals surface area contributed by atoms with Gasteiger partial charge in [-0.25, -0.2) is 4.85 Å². The SMILES string of the molecule is [C-]#[N+]c1ccc(CN2CCN(CC(=O)OCC)CC2)cc1. The number of esters is 1. The fourth-order valence-electron chi connectivity index (χ4n) is 2.43. The molecule has 1 heterocycles. The van der Waals surface area contributed by atoms with E-state index in [1.54, 1.807) is 0 Å². The summed E-state index contributed by atoms with van der Waals surface area (Å²) in [5.41, 5.74) is 1.90. The van der Waals surface area contributed by atoms with Crippen molar-refractivity contribution in [2.45, 2.75) is 13.5 Å². The van der Waals surface area contributed by atoms with Gasteiger partial charge in [0.1, 0.15) is 0 Å². The van der Waals surface area contributed by atoms with Crippen LogP contribution in [0.4, 0.5) is 5.69 Å². The normalized spacial score (nSPS) is 16.4. The predicted octanol–water partition coefficient (Wildman–Crippen LogP) is 1.92. The number of hydrogen-bond acceptors (Lipinski definition) is 4. The summed E-state index contributed by atoms with van der Waals surface area (Å²) in [6.07, 6.45) is 0. The molecule has 0 aromatic heterocycles. The van der Waals surface area contributed by atoms with E-state index in [1.165, 1.54) is 5.56 Å². The van der Waals surface area contributed by atoms with Gasteiger partial charge in [-0.1, -0.05) is 24.3 Å². The van der Waals surface area contributed by atoms with Crippen LogP contribution in [0, 0.1) is 6.57 Å². The van der Waals surface area contributed by atoms with Gasteiger partial charge in [0.05, 0.1) is 19.7 Å². The first-order chi connectivity index (χ1) is 10.2. The maximum Gasteiger partial charge on any atom is 0.320 e. The molecular weight excluding hydrogens is 266 g/mol. The van der Waals surface area contributed by atoms with E-state index < -0.39 is 0 Å². The van der Waals surface area contributed by atoms with Gasteiger partial charge in [0.25, 0.3) is 0 Å². The molecule has 2 rings (SSSR count). The van der Waals surface area contributed by atoms with Crippen molar-refractivity contribution in [3.63, 3.8) is 0 Å². The second-order valence-corrected chi connectivity index (χ2v) is 5.14. The summed E-state index contributed by atoms with van der Waals surface area (Å²) in [6.45, 7) is 14.2. The summed E-state index contributed by atoms with van der Waals surface area (Å²) in [7, 11) is 0. The Kier molecular flexibility index (Phi) is 5.73. The van der Waals surface area contributed by atoms with Gasteiger partial charge < -0.3 is 4.74 Å². The van der Waals surface area contributed by atoms with Crippen molar-refractivity contribution in [2.75, 3.05) is 39.3 Å². The lowest BCUT2D eigenvalue weighted by Gasteiger charge is -2.34. The van der Waals surface area contributed by atoms with Gasteiger partial charge in [0.2, 0.25) is 0 Å². The Labute approximate surface area is 125 Å². The number of hydrogen-bond donors (Lipinski definition) is 0. The molecule has 0 atom stereocenters. The van der Waals surface area contributed by atoms with E-state index in [0.717, 1.165) is 32.7 Å². The molecule has 0 bridgehead atoms. The number of piperazine rings is 1. The number of ether oxygens (including phenoxy) is 1. The van der Waals surface area contributed by atoms with Gasteiger partial charge in [-0.05, 0) is 12.5 Å². The van der Waals surface area contributed by atoms with Gasteiger partial charge >= 0.3 is 5.97 Å². The lowest BCUT2D eigenvalue weighted by atomic mass is 10.2. The first kappa shape index (κ1) is 15.5. The zero-order chi connectivity index (χ0) is 15.1.